The number of hydrogen-bond acceptors (Lipinski definition) is 8. The predicted molar refractivity (Wildman–Crippen MR) is 195 cm³/mol. The van der Waals surface area contributed by atoms with Gasteiger partial charge in [-0.1, -0.05) is 50.2 Å². The van der Waals surface area contributed by atoms with Crippen LogP contribution in [0.2, 0.25) is 0 Å². The van der Waals surface area contributed by atoms with E-state index in [9.17, 15) is 19.6 Å². The SMILES string of the molecule is CCC(Sc1cccc(NC(=O)/C(=C\c2cccc(OC)c2OC)NC(=O)c2ccccc2)c1)C(=O)Nc1sc2c(c1C#N)CCC(C)C2. The molecule has 11 heteroatoms. The van der Waals surface area contributed by atoms with Gasteiger partial charge in [-0.2, -0.15) is 5.26 Å². The van der Waals surface area contributed by atoms with E-state index in [1.54, 1.807) is 66.7 Å². The molecule has 1 aliphatic carbocycles. The number of carbonyl (C=O) groups is 3. The topological polar surface area (TPSA) is 130 Å². The van der Waals surface area contributed by atoms with Crippen LogP contribution in [-0.4, -0.2) is 37.2 Å². The van der Waals surface area contributed by atoms with Gasteiger partial charge in [0.25, 0.3) is 11.8 Å². The fourth-order valence-corrected chi connectivity index (χ4v) is 7.98. The molecule has 252 valence electrons. The molecule has 1 aromatic heterocycles. The maximum absolute atomic E-state index is 13.7. The van der Waals surface area contributed by atoms with Crippen LogP contribution in [0.4, 0.5) is 10.7 Å². The molecule has 0 fully saturated rings. The van der Waals surface area contributed by atoms with Crippen LogP contribution in [0.3, 0.4) is 0 Å². The number of nitrogens with zero attached hydrogens (tertiary/aromatic N) is 1. The Morgan fingerprint density at radius 3 is 2.53 bits per heavy atom. The van der Waals surface area contributed by atoms with Crippen LogP contribution in [0, 0.1) is 17.2 Å². The van der Waals surface area contributed by atoms with Crippen LogP contribution in [0.15, 0.2) is 83.4 Å². The van der Waals surface area contributed by atoms with E-state index in [2.05, 4.69) is 28.9 Å². The van der Waals surface area contributed by atoms with Gasteiger partial charge in [0.15, 0.2) is 11.5 Å². The van der Waals surface area contributed by atoms with Gasteiger partial charge < -0.3 is 25.4 Å². The van der Waals surface area contributed by atoms with Crippen molar-refractivity contribution in [2.75, 3.05) is 24.9 Å². The molecule has 49 heavy (non-hydrogen) atoms. The fraction of sp³-hybridized carbons (Fsp3) is 0.263. The number of hydrogen-bond donors (Lipinski definition) is 3. The molecule has 9 nitrogen and oxygen atoms in total. The number of thiophene rings is 1. The lowest BCUT2D eigenvalue weighted by Gasteiger charge is -2.17. The number of benzene rings is 3. The van der Waals surface area contributed by atoms with Crippen molar-refractivity contribution in [1.82, 2.24) is 5.32 Å². The fourth-order valence-electron chi connectivity index (χ4n) is 5.61. The van der Waals surface area contributed by atoms with E-state index in [1.807, 2.05) is 13.0 Å². The van der Waals surface area contributed by atoms with Crippen molar-refractivity contribution in [1.29, 1.82) is 5.26 Å². The van der Waals surface area contributed by atoms with Crippen molar-refractivity contribution in [3.63, 3.8) is 0 Å². The minimum Gasteiger partial charge on any atom is -0.493 e. The number of nitriles is 1. The maximum atomic E-state index is 13.7. The zero-order valence-electron chi connectivity index (χ0n) is 27.8. The van der Waals surface area contributed by atoms with E-state index in [4.69, 9.17) is 9.47 Å². The molecule has 5 rings (SSSR count). The number of methoxy groups -OCH3 is 2. The molecule has 4 aromatic rings. The molecule has 0 saturated heterocycles. The smallest absolute Gasteiger partial charge is 0.272 e. The predicted octanol–water partition coefficient (Wildman–Crippen LogP) is 7.68. The zero-order chi connectivity index (χ0) is 34.9. The number of ether oxygens (including phenoxy) is 2. The average molecular weight is 695 g/mol. The summed E-state index contributed by atoms with van der Waals surface area (Å²) in [4.78, 5) is 42.3. The van der Waals surface area contributed by atoms with Crippen LogP contribution >= 0.6 is 23.1 Å². The number of fused-ring (bicyclic) bond motifs is 1. The van der Waals surface area contributed by atoms with Gasteiger partial charge in [0.1, 0.15) is 16.8 Å². The number of para-hydroxylation sites is 1. The monoisotopic (exact) mass is 694 g/mol. The second-order valence-electron chi connectivity index (χ2n) is 11.6. The quantitative estimate of drug-likeness (QED) is 0.102. The molecule has 0 saturated carbocycles. The molecule has 1 aliphatic rings. The van der Waals surface area contributed by atoms with Gasteiger partial charge >= 0.3 is 0 Å². The van der Waals surface area contributed by atoms with Gasteiger partial charge in [-0.05, 0) is 79.6 Å². The Bertz CT molecular complexity index is 1910. The van der Waals surface area contributed by atoms with Crippen molar-refractivity contribution < 1.29 is 23.9 Å². The Hall–Kier alpha value is -5.05. The molecule has 3 aromatic carbocycles. The van der Waals surface area contributed by atoms with E-state index in [1.165, 1.54) is 48.3 Å². The maximum Gasteiger partial charge on any atom is 0.272 e. The summed E-state index contributed by atoms with van der Waals surface area (Å²) < 4.78 is 11.0. The Morgan fingerprint density at radius 1 is 1.04 bits per heavy atom. The van der Waals surface area contributed by atoms with Crippen LogP contribution in [-0.2, 0) is 22.4 Å². The second-order valence-corrected chi connectivity index (χ2v) is 14.0. The Balaban J connectivity index is 1.34. The summed E-state index contributed by atoms with van der Waals surface area (Å²) in [6.45, 7) is 4.15. The number of carbonyl (C=O) groups excluding carboxylic acids is 3. The Morgan fingerprint density at radius 2 is 1.82 bits per heavy atom. The van der Waals surface area contributed by atoms with Crippen LogP contribution in [0.1, 0.15) is 58.6 Å². The first kappa shape index (κ1) is 35.3. The van der Waals surface area contributed by atoms with Crippen molar-refractivity contribution in [3.8, 4) is 17.6 Å². The summed E-state index contributed by atoms with van der Waals surface area (Å²) >= 11 is 2.89. The number of nitrogens with one attached hydrogen (secondary N) is 3. The Labute approximate surface area is 294 Å². The highest BCUT2D eigenvalue weighted by atomic mass is 32.2. The molecule has 0 aliphatic heterocycles. The lowest BCUT2D eigenvalue weighted by Crippen LogP contribution is -2.30. The minimum atomic E-state index is -0.555. The largest absolute Gasteiger partial charge is 0.493 e. The highest BCUT2D eigenvalue weighted by Gasteiger charge is 2.27. The van der Waals surface area contributed by atoms with E-state index in [0.717, 1.165) is 29.7 Å². The van der Waals surface area contributed by atoms with Crippen molar-refractivity contribution in [3.05, 3.63) is 106 Å². The Kier molecular flexibility index (Phi) is 11.8. The van der Waals surface area contributed by atoms with Crippen LogP contribution in [0.5, 0.6) is 11.5 Å². The average Bonchev–Trinajstić information content (AvgIpc) is 3.45. The number of anilines is 2. The molecule has 2 atom stereocenters. The molecule has 0 radical (unpaired) electrons. The third-order valence-electron chi connectivity index (χ3n) is 8.16. The van der Waals surface area contributed by atoms with E-state index >= 15 is 0 Å². The molecule has 3 amide bonds. The van der Waals surface area contributed by atoms with Crippen LogP contribution < -0.4 is 25.4 Å². The third kappa shape index (κ3) is 8.52. The molecular formula is C38H38N4O5S2. The van der Waals surface area contributed by atoms with Crippen molar-refractivity contribution in [2.24, 2.45) is 5.92 Å². The van der Waals surface area contributed by atoms with Crippen molar-refractivity contribution in [2.45, 2.75) is 49.7 Å². The second kappa shape index (κ2) is 16.4. The standard InChI is InChI=1S/C38H38N4O5S2/c1-5-32(37(45)42-38-29(22-39)28-18-17-23(2)19-33(28)49-38)48-27-15-10-14-26(21-27)40-36(44)30(41-35(43)24-11-7-6-8-12-24)20-25-13-9-16-31(46-3)34(25)47-4/h6-16,20-21,23,32H,5,17-19H2,1-4H3,(H,40,44)(H,41,43)(H,42,45)/b30-20+. The lowest BCUT2D eigenvalue weighted by molar-refractivity contribution is -0.116. The highest BCUT2D eigenvalue weighted by molar-refractivity contribution is 8.00. The summed E-state index contributed by atoms with van der Waals surface area (Å²) in [6, 6.07) is 23.4. The van der Waals surface area contributed by atoms with E-state index in [0.29, 0.717) is 51.2 Å². The number of thioether (sulfide) groups is 1. The first-order valence-electron chi connectivity index (χ1n) is 16.0. The third-order valence-corrected chi connectivity index (χ3v) is 10.7. The van der Waals surface area contributed by atoms with Crippen molar-refractivity contribution >= 4 is 57.6 Å². The summed E-state index contributed by atoms with van der Waals surface area (Å²) in [6.07, 6.45) is 4.91. The van der Waals surface area contributed by atoms with Crippen LogP contribution in [0.25, 0.3) is 6.08 Å². The molecule has 3 N–H and O–H groups in total. The molecule has 0 bridgehead atoms. The van der Waals surface area contributed by atoms with E-state index < -0.39 is 17.1 Å². The van der Waals surface area contributed by atoms with Gasteiger partial charge in [0, 0.05) is 26.6 Å². The molecule has 1 heterocycles. The molecule has 0 spiro atoms. The first-order valence-corrected chi connectivity index (χ1v) is 17.7. The summed E-state index contributed by atoms with van der Waals surface area (Å²) in [5, 5.41) is 18.7. The first-order chi connectivity index (χ1) is 23.7. The minimum absolute atomic E-state index is 0.00869. The normalized spacial score (nSPS) is 14.5. The summed E-state index contributed by atoms with van der Waals surface area (Å²) in [5.74, 6) is 0.259. The van der Waals surface area contributed by atoms with Gasteiger partial charge in [0.05, 0.1) is 25.0 Å². The highest BCUT2D eigenvalue weighted by Crippen LogP contribution is 2.40. The lowest BCUT2D eigenvalue weighted by atomic mass is 9.88. The van der Waals surface area contributed by atoms with Gasteiger partial charge in [-0.3, -0.25) is 14.4 Å². The molecule has 2 unspecified atom stereocenters. The summed E-state index contributed by atoms with van der Waals surface area (Å²) in [7, 11) is 3.02. The molecular weight excluding hydrogens is 657 g/mol. The van der Waals surface area contributed by atoms with E-state index in [-0.39, 0.29) is 11.6 Å². The van der Waals surface area contributed by atoms with Gasteiger partial charge in [-0.15, -0.1) is 23.1 Å². The van der Waals surface area contributed by atoms with Gasteiger partial charge in [-0.25, -0.2) is 0 Å². The zero-order valence-corrected chi connectivity index (χ0v) is 29.4. The summed E-state index contributed by atoms with van der Waals surface area (Å²) in [5.41, 5.74) is 3.05. The van der Waals surface area contributed by atoms with Gasteiger partial charge in [0.2, 0.25) is 5.91 Å². The number of rotatable bonds is 12. The number of amides is 3.